The van der Waals surface area contributed by atoms with E-state index in [1.807, 2.05) is 16.7 Å². The van der Waals surface area contributed by atoms with E-state index in [2.05, 4.69) is 44.2 Å². The number of nitrogens with one attached hydrogen (secondary N) is 2. The van der Waals surface area contributed by atoms with Crippen molar-refractivity contribution in [3.63, 3.8) is 0 Å². The molecule has 0 amide bonds. The summed E-state index contributed by atoms with van der Waals surface area (Å²) >= 11 is 1.06. The van der Waals surface area contributed by atoms with E-state index in [1.165, 1.54) is 6.33 Å². The minimum atomic E-state index is -4.26. The number of aryl methyl sites for hydroxylation is 1. The molecule has 13 heteroatoms. The van der Waals surface area contributed by atoms with Gasteiger partial charge in [0, 0.05) is 66.4 Å². The summed E-state index contributed by atoms with van der Waals surface area (Å²) in [5.74, 6) is 1.36. The standard InChI is InChI=1S/C31H34F3N7O2S/c1-19-17-43-24(15-36-19)5-8-41-23(14-35)10-20-9-21(28(42-2)12-27(20)41)16-40-6-3-22(4-7-40)39-29-26-11-25(13-31(32,33)34)44-30(26)38-18-37-29/h9-12,18,22,24,36H,1,3-8,13,15-17H2,2H3,(H,37,38,39)/t24-/m0/s1. The monoisotopic (exact) mass is 625 g/mol. The number of halogens is 3. The van der Waals surface area contributed by atoms with Crippen LogP contribution in [0.3, 0.4) is 0 Å². The quantitative estimate of drug-likeness (QED) is 0.248. The van der Waals surface area contributed by atoms with Crippen LogP contribution in [0.15, 0.2) is 42.9 Å². The van der Waals surface area contributed by atoms with Crippen molar-refractivity contribution in [3.8, 4) is 11.8 Å². The molecule has 4 aromatic rings. The van der Waals surface area contributed by atoms with Gasteiger partial charge in [0.25, 0.3) is 0 Å². The third-order valence-corrected chi connectivity index (χ3v) is 9.29. The fraction of sp³-hybridized carbons (Fsp3) is 0.452. The number of benzene rings is 1. The number of fused-ring (bicyclic) bond motifs is 2. The highest BCUT2D eigenvalue weighted by molar-refractivity contribution is 7.18. The van der Waals surface area contributed by atoms with Crippen LogP contribution in [0.25, 0.3) is 21.1 Å². The molecule has 3 aromatic heterocycles. The molecule has 0 saturated carbocycles. The lowest BCUT2D eigenvalue weighted by Crippen LogP contribution is -2.38. The van der Waals surface area contributed by atoms with Gasteiger partial charge in [-0.15, -0.1) is 11.3 Å². The summed E-state index contributed by atoms with van der Waals surface area (Å²) in [4.78, 5) is 11.7. The number of anilines is 1. The third-order valence-electron chi connectivity index (χ3n) is 8.24. The zero-order valence-corrected chi connectivity index (χ0v) is 25.2. The van der Waals surface area contributed by atoms with E-state index in [9.17, 15) is 18.4 Å². The molecule has 232 valence electrons. The number of morpholine rings is 1. The maximum Gasteiger partial charge on any atom is 0.393 e. The smallest absolute Gasteiger partial charge is 0.393 e. The number of aromatic nitrogens is 3. The Morgan fingerprint density at radius 1 is 1.23 bits per heavy atom. The second kappa shape index (κ2) is 12.6. The van der Waals surface area contributed by atoms with Gasteiger partial charge in [0.05, 0.1) is 37.1 Å². The number of hydrogen-bond acceptors (Lipinski definition) is 9. The molecule has 0 radical (unpaired) electrons. The molecule has 1 atom stereocenters. The largest absolute Gasteiger partial charge is 0.496 e. The topological polar surface area (TPSA) is 100 Å². The third kappa shape index (κ3) is 6.77. The van der Waals surface area contributed by atoms with Crippen molar-refractivity contribution in [2.75, 3.05) is 38.7 Å². The summed E-state index contributed by atoms with van der Waals surface area (Å²) < 4.78 is 52.5. The molecular weight excluding hydrogens is 591 g/mol. The second-order valence-corrected chi connectivity index (χ2v) is 12.5. The molecule has 2 aliphatic rings. The van der Waals surface area contributed by atoms with E-state index >= 15 is 0 Å². The van der Waals surface area contributed by atoms with Crippen LogP contribution in [-0.2, 0) is 24.2 Å². The number of likely N-dealkylation sites (tertiary alicyclic amines) is 1. The first-order valence-corrected chi connectivity index (χ1v) is 15.4. The van der Waals surface area contributed by atoms with Crippen molar-refractivity contribution in [1.82, 2.24) is 24.8 Å². The Balaban J connectivity index is 1.10. The van der Waals surface area contributed by atoms with Crippen LogP contribution in [0, 0.1) is 11.3 Å². The molecule has 9 nitrogen and oxygen atoms in total. The summed E-state index contributed by atoms with van der Waals surface area (Å²) in [6.07, 6.45) is -1.28. The molecule has 2 aliphatic heterocycles. The SMILES string of the molecule is C=C1CO[C@@H](CCn2c(C#N)cc3cc(CN4CCC(Nc5ncnc6sc(CC(F)(F)F)cc56)CC4)c(OC)cc32)CN1. The average Bonchev–Trinajstić information content (AvgIpc) is 3.56. The second-order valence-electron chi connectivity index (χ2n) is 11.4. The lowest BCUT2D eigenvalue weighted by molar-refractivity contribution is -0.126. The predicted molar refractivity (Wildman–Crippen MR) is 164 cm³/mol. The van der Waals surface area contributed by atoms with Gasteiger partial charge in [-0.1, -0.05) is 6.58 Å². The zero-order valence-electron chi connectivity index (χ0n) is 24.4. The highest BCUT2D eigenvalue weighted by atomic mass is 32.1. The minimum Gasteiger partial charge on any atom is -0.496 e. The molecule has 0 aliphatic carbocycles. The Morgan fingerprint density at radius 2 is 2.05 bits per heavy atom. The van der Waals surface area contributed by atoms with Gasteiger partial charge in [-0.2, -0.15) is 18.4 Å². The summed E-state index contributed by atoms with van der Waals surface area (Å²) in [6.45, 7) is 8.13. The van der Waals surface area contributed by atoms with E-state index in [1.54, 1.807) is 13.2 Å². The van der Waals surface area contributed by atoms with Crippen molar-refractivity contribution in [2.45, 2.75) is 57.1 Å². The number of ether oxygens (including phenoxy) is 2. The number of methoxy groups -OCH3 is 1. The fourth-order valence-electron chi connectivity index (χ4n) is 6.00. The summed E-state index contributed by atoms with van der Waals surface area (Å²) in [5.41, 5.74) is 3.50. The van der Waals surface area contributed by atoms with Crippen LogP contribution in [-0.4, -0.2) is 71.1 Å². The van der Waals surface area contributed by atoms with Crippen molar-refractivity contribution >= 4 is 38.3 Å². The van der Waals surface area contributed by atoms with Crippen molar-refractivity contribution < 1.29 is 22.6 Å². The van der Waals surface area contributed by atoms with Gasteiger partial charge >= 0.3 is 6.18 Å². The number of nitriles is 1. The Kier molecular flexibility index (Phi) is 8.66. The van der Waals surface area contributed by atoms with E-state index < -0.39 is 12.6 Å². The first-order valence-electron chi connectivity index (χ1n) is 14.6. The van der Waals surface area contributed by atoms with Crippen LogP contribution >= 0.6 is 11.3 Å². The van der Waals surface area contributed by atoms with Crippen molar-refractivity contribution in [3.05, 3.63) is 59.0 Å². The van der Waals surface area contributed by atoms with Gasteiger partial charge < -0.3 is 24.7 Å². The van der Waals surface area contributed by atoms with E-state index in [0.29, 0.717) is 48.0 Å². The molecule has 2 N–H and O–H groups in total. The lowest BCUT2D eigenvalue weighted by atomic mass is 10.0. The minimum absolute atomic E-state index is 0.0561. The number of alkyl halides is 3. The number of piperidine rings is 1. The Bertz CT molecular complexity index is 1690. The maximum absolute atomic E-state index is 12.9. The molecule has 0 unspecified atom stereocenters. The predicted octanol–water partition coefficient (Wildman–Crippen LogP) is 5.60. The molecule has 2 fully saturated rings. The number of nitrogens with zero attached hydrogens (tertiary/aromatic N) is 5. The van der Waals surface area contributed by atoms with Crippen molar-refractivity contribution in [1.29, 1.82) is 5.26 Å². The first-order chi connectivity index (χ1) is 21.2. The molecule has 0 spiro atoms. The van der Waals surface area contributed by atoms with Crippen LogP contribution in [0.2, 0.25) is 0 Å². The van der Waals surface area contributed by atoms with Crippen LogP contribution in [0.4, 0.5) is 19.0 Å². The first kappa shape index (κ1) is 30.2. The van der Waals surface area contributed by atoms with Gasteiger partial charge in [-0.25, -0.2) is 9.97 Å². The summed E-state index contributed by atoms with van der Waals surface area (Å²) in [6, 6.07) is 10.1. The molecule has 5 heterocycles. The Morgan fingerprint density at radius 3 is 2.75 bits per heavy atom. The number of hydrogen-bond donors (Lipinski definition) is 2. The zero-order chi connectivity index (χ0) is 30.8. The average molecular weight is 626 g/mol. The maximum atomic E-state index is 12.9. The van der Waals surface area contributed by atoms with Gasteiger partial charge in [0.15, 0.2) is 0 Å². The fourth-order valence-corrected chi connectivity index (χ4v) is 7.03. The Hall–Kier alpha value is -3.86. The normalized spacial score (nSPS) is 18.4. The van der Waals surface area contributed by atoms with Crippen LogP contribution in [0.1, 0.15) is 35.4 Å². The van der Waals surface area contributed by atoms with Gasteiger partial charge in [0.2, 0.25) is 0 Å². The van der Waals surface area contributed by atoms with E-state index in [0.717, 1.165) is 71.6 Å². The molecule has 2 saturated heterocycles. The van der Waals surface area contributed by atoms with Gasteiger partial charge in [-0.3, -0.25) is 4.90 Å². The van der Waals surface area contributed by atoms with Crippen molar-refractivity contribution in [2.24, 2.45) is 0 Å². The highest BCUT2D eigenvalue weighted by Crippen LogP contribution is 2.34. The van der Waals surface area contributed by atoms with Gasteiger partial charge in [-0.05, 0) is 37.5 Å². The van der Waals surface area contributed by atoms with E-state index in [-0.39, 0.29) is 17.0 Å². The number of thiophene rings is 1. The number of rotatable bonds is 9. The molecule has 6 rings (SSSR count). The molecule has 44 heavy (non-hydrogen) atoms. The summed E-state index contributed by atoms with van der Waals surface area (Å²) in [5, 5.41) is 18.2. The molecular formula is C31H34F3N7O2S. The lowest BCUT2D eigenvalue weighted by Gasteiger charge is -2.33. The molecule has 0 bridgehead atoms. The molecule has 1 aromatic carbocycles. The highest BCUT2D eigenvalue weighted by Gasteiger charge is 2.29. The van der Waals surface area contributed by atoms with Crippen LogP contribution in [0.5, 0.6) is 5.75 Å². The van der Waals surface area contributed by atoms with Crippen LogP contribution < -0.4 is 15.4 Å². The van der Waals surface area contributed by atoms with Gasteiger partial charge in [0.1, 0.15) is 34.5 Å². The Labute approximate surface area is 257 Å². The van der Waals surface area contributed by atoms with E-state index in [4.69, 9.17) is 9.47 Å². The summed E-state index contributed by atoms with van der Waals surface area (Å²) in [7, 11) is 1.67.